The van der Waals surface area contributed by atoms with Crippen molar-refractivity contribution in [3.8, 4) is 0 Å². The Hall–Kier alpha value is -2.22. The normalized spacial score (nSPS) is 18.7. The third-order valence-corrected chi connectivity index (χ3v) is 8.12. The van der Waals surface area contributed by atoms with Crippen LogP contribution in [0.25, 0.3) is 0 Å². The molecule has 2 aromatic rings. The first-order valence-electron chi connectivity index (χ1n) is 10.6. The molecule has 7 heteroatoms. The third kappa shape index (κ3) is 4.29. The Kier molecular flexibility index (Phi) is 5.95. The maximum Gasteiger partial charge on any atom is 0.243 e. The van der Waals surface area contributed by atoms with Crippen LogP contribution in [0.4, 0.5) is 5.69 Å². The molecule has 1 aliphatic heterocycles. The maximum absolute atomic E-state index is 13.1. The molecule has 6 nitrogen and oxygen atoms in total. The van der Waals surface area contributed by atoms with E-state index in [0.717, 1.165) is 36.1 Å². The predicted molar refractivity (Wildman–Crippen MR) is 118 cm³/mol. The molecule has 2 aliphatic rings. The van der Waals surface area contributed by atoms with Gasteiger partial charge in [0.2, 0.25) is 15.9 Å². The van der Waals surface area contributed by atoms with Crippen LogP contribution in [-0.2, 0) is 27.7 Å². The van der Waals surface area contributed by atoms with Crippen LogP contribution < -0.4 is 5.32 Å². The molecule has 1 saturated heterocycles. The number of benzene rings is 2. The average molecular weight is 428 g/mol. The summed E-state index contributed by atoms with van der Waals surface area (Å²) in [6.45, 7) is 5.72. The fraction of sp³-hybridized carbons (Fsp3) is 0.435. The second-order valence-electron chi connectivity index (χ2n) is 8.26. The van der Waals surface area contributed by atoms with Crippen molar-refractivity contribution in [2.24, 2.45) is 0 Å². The molecule has 1 N–H and O–H groups in total. The molecule has 0 spiro atoms. The zero-order valence-electron chi connectivity index (χ0n) is 17.6. The number of rotatable bonds is 5. The summed E-state index contributed by atoms with van der Waals surface area (Å²) in [4.78, 5) is 15.1. The molecular weight excluding hydrogens is 398 g/mol. The van der Waals surface area contributed by atoms with Crippen molar-refractivity contribution in [2.75, 3.05) is 31.5 Å². The van der Waals surface area contributed by atoms with Crippen LogP contribution >= 0.6 is 0 Å². The van der Waals surface area contributed by atoms with Crippen molar-refractivity contribution in [3.05, 3.63) is 59.2 Å². The van der Waals surface area contributed by atoms with Gasteiger partial charge in [-0.2, -0.15) is 4.31 Å². The highest BCUT2D eigenvalue weighted by atomic mass is 32.2. The van der Waals surface area contributed by atoms with E-state index in [2.05, 4.69) is 5.32 Å². The number of fused-ring (bicyclic) bond motifs is 1. The Morgan fingerprint density at radius 3 is 2.33 bits per heavy atom. The lowest BCUT2D eigenvalue weighted by Gasteiger charge is -2.36. The van der Waals surface area contributed by atoms with Gasteiger partial charge in [-0.1, -0.05) is 23.8 Å². The van der Waals surface area contributed by atoms with Crippen molar-refractivity contribution in [2.45, 2.75) is 44.0 Å². The molecule has 0 saturated carbocycles. The predicted octanol–water partition coefficient (Wildman–Crippen LogP) is 2.82. The molecule has 30 heavy (non-hydrogen) atoms. The number of hydrogen-bond donors (Lipinski definition) is 1. The van der Waals surface area contributed by atoms with Crippen LogP contribution in [0.3, 0.4) is 0 Å². The molecule has 2 aromatic carbocycles. The summed E-state index contributed by atoms with van der Waals surface area (Å²) < 4.78 is 27.7. The smallest absolute Gasteiger partial charge is 0.243 e. The van der Waals surface area contributed by atoms with Crippen LogP contribution in [0, 0.1) is 6.92 Å². The Morgan fingerprint density at radius 1 is 0.967 bits per heavy atom. The van der Waals surface area contributed by atoms with Gasteiger partial charge in [-0.25, -0.2) is 8.42 Å². The van der Waals surface area contributed by atoms with Crippen molar-refractivity contribution in [3.63, 3.8) is 0 Å². The van der Waals surface area contributed by atoms with Gasteiger partial charge in [-0.05, 0) is 68.5 Å². The van der Waals surface area contributed by atoms with E-state index < -0.39 is 10.0 Å². The maximum atomic E-state index is 13.1. The summed E-state index contributed by atoms with van der Waals surface area (Å²) in [6.07, 6.45) is 3.09. The molecule has 1 amide bonds. The van der Waals surface area contributed by atoms with E-state index in [4.69, 9.17) is 0 Å². The minimum atomic E-state index is -3.50. The van der Waals surface area contributed by atoms with Crippen molar-refractivity contribution < 1.29 is 13.2 Å². The molecule has 0 radical (unpaired) electrons. The van der Waals surface area contributed by atoms with Crippen molar-refractivity contribution in [1.29, 1.82) is 0 Å². The SMILES string of the molecule is Cc1ccc(NC(=O)[C@H](C)N2CCN(S(=O)(=O)c3ccc4c(c3)CCC4)CC2)cc1. The summed E-state index contributed by atoms with van der Waals surface area (Å²) in [6, 6.07) is 12.9. The average Bonchev–Trinajstić information content (AvgIpc) is 3.23. The highest BCUT2D eigenvalue weighted by Gasteiger charge is 2.32. The Balaban J connectivity index is 1.37. The fourth-order valence-electron chi connectivity index (χ4n) is 4.24. The lowest BCUT2D eigenvalue weighted by molar-refractivity contribution is -0.121. The molecule has 0 bridgehead atoms. The monoisotopic (exact) mass is 427 g/mol. The van der Waals surface area contributed by atoms with Gasteiger partial charge in [-0.3, -0.25) is 9.69 Å². The highest BCUT2D eigenvalue weighted by molar-refractivity contribution is 7.89. The van der Waals surface area contributed by atoms with Gasteiger partial charge in [0.15, 0.2) is 0 Å². The number of carbonyl (C=O) groups is 1. The molecule has 1 fully saturated rings. The Bertz CT molecular complexity index is 1030. The molecule has 0 aromatic heterocycles. The topological polar surface area (TPSA) is 69.7 Å². The van der Waals surface area contributed by atoms with Crippen LogP contribution in [0.5, 0.6) is 0 Å². The van der Waals surface area contributed by atoms with Gasteiger partial charge < -0.3 is 5.32 Å². The van der Waals surface area contributed by atoms with Gasteiger partial charge in [0.05, 0.1) is 10.9 Å². The molecule has 1 heterocycles. The summed E-state index contributed by atoms with van der Waals surface area (Å²) >= 11 is 0. The fourth-order valence-corrected chi connectivity index (χ4v) is 5.71. The number of anilines is 1. The number of nitrogens with zero attached hydrogens (tertiary/aromatic N) is 2. The lowest BCUT2D eigenvalue weighted by Crippen LogP contribution is -2.53. The number of hydrogen-bond acceptors (Lipinski definition) is 4. The number of sulfonamides is 1. The summed E-state index contributed by atoms with van der Waals surface area (Å²) in [7, 11) is -3.50. The van der Waals surface area contributed by atoms with E-state index >= 15 is 0 Å². The van der Waals surface area contributed by atoms with Gasteiger partial charge >= 0.3 is 0 Å². The third-order valence-electron chi connectivity index (χ3n) is 6.23. The zero-order chi connectivity index (χ0) is 21.3. The molecule has 160 valence electrons. The summed E-state index contributed by atoms with van der Waals surface area (Å²) in [5.74, 6) is -0.0752. The van der Waals surface area contributed by atoms with E-state index in [-0.39, 0.29) is 11.9 Å². The van der Waals surface area contributed by atoms with Crippen molar-refractivity contribution >= 4 is 21.6 Å². The number of amides is 1. The molecule has 1 aliphatic carbocycles. The van der Waals surface area contributed by atoms with Crippen LogP contribution in [0.15, 0.2) is 47.4 Å². The first-order valence-corrected chi connectivity index (χ1v) is 12.0. The van der Waals surface area contributed by atoms with E-state index in [1.165, 1.54) is 5.56 Å². The number of piperazine rings is 1. The summed E-state index contributed by atoms with van der Waals surface area (Å²) in [5, 5.41) is 2.94. The molecule has 4 rings (SSSR count). The largest absolute Gasteiger partial charge is 0.325 e. The second kappa shape index (κ2) is 8.49. The number of carbonyl (C=O) groups excluding carboxylic acids is 1. The standard InChI is InChI=1S/C23H29N3O3S/c1-17-6-9-21(10-7-17)24-23(27)18(2)25-12-14-26(15-13-25)30(28,29)22-11-8-19-4-3-5-20(19)16-22/h6-11,16,18H,3-5,12-15H2,1-2H3,(H,24,27)/t18-/m0/s1. The van der Waals surface area contributed by atoms with Crippen LogP contribution in [0.2, 0.25) is 0 Å². The van der Waals surface area contributed by atoms with E-state index in [1.807, 2.05) is 55.1 Å². The van der Waals surface area contributed by atoms with E-state index in [9.17, 15) is 13.2 Å². The van der Waals surface area contributed by atoms with Gasteiger partial charge in [0.25, 0.3) is 0 Å². The van der Waals surface area contributed by atoms with Crippen LogP contribution in [-0.4, -0.2) is 55.8 Å². The van der Waals surface area contributed by atoms with Gasteiger partial charge in [-0.15, -0.1) is 0 Å². The minimum absolute atomic E-state index is 0.0752. The Morgan fingerprint density at radius 2 is 1.63 bits per heavy atom. The minimum Gasteiger partial charge on any atom is -0.325 e. The van der Waals surface area contributed by atoms with E-state index in [1.54, 1.807) is 10.4 Å². The lowest BCUT2D eigenvalue weighted by atomic mass is 10.1. The highest BCUT2D eigenvalue weighted by Crippen LogP contribution is 2.27. The first kappa shape index (κ1) is 21.0. The number of nitrogens with one attached hydrogen (secondary N) is 1. The second-order valence-corrected chi connectivity index (χ2v) is 10.2. The van der Waals surface area contributed by atoms with Crippen molar-refractivity contribution in [1.82, 2.24) is 9.21 Å². The number of aryl methyl sites for hydroxylation is 3. The Labute approximate surface area is 178 Å². The molecule has 1 atom stereocenters. The first-order chi connectivity index (χ1) is 14.3. The molecule has 0 unspecified atom stereocenters. The van der Waals surface area contributed by atoms with Gasteiger partial charge in [0.1, 0.15) is 0 Å². The summed E-state index contributed by atoms with van der Waals surface area (Å²) in [5.41, 5.74) is 4.35. The van der Waals surface area contributed by atoms with E-state index in [0.29, 0.717) is 31.1 Å². The van der Waals surface area contributed by atoms with Gasteiger partial charge in [0, 0.05) is 31.9 Å². The zero-order valence-corrected chi connectivity index (χ0v) is 18.4. The molecular formula is C23H29N3O3S. The van der Waals surface area contributed by atoms with Crippen LogP contribution in [0.1, 0.15) is 30.0 Å². The quantitative estimate of drug-likeness (QED) is 0.797.